The number of para-hydroxylation sites is 1. The lowest BCUT2D eigenvalue weighted by molar-refractivity contribution is 0.101. The Balaban J connectivity index is 1.52. The van der Waals surface area contributed by atoms with Gasteiger partial charge in [0.2, 0.25) is 5.78 Å². The number of carbonyl (C=O) groups excluding carboxylic acids is 1. The first-order valence-electron chi connectivity index (χ1n) is 8.11. The van der Waals surface area contributed by atoms with E-state index < -0.39 is 0 Å². The number of hydrogen-bond acceptors (Lipinski definition) is 5. The molecule has 0 amide bonds. The fraction of sp³-hybridized carbons (Fsp3) is 0.0952. The maximum absolute atomic E-state index is 12.5. The van der Waals surface area contributed by atoms with Gasteiger partial charge in [0.05, 0.1) is 12.7 Å². The van der Waals surface area contributed by atoms with Crippen LogP contribution in [0.2, 0.25) is 0 Å². The van der Waals surface area contributed by atoms with Crippen molar-refractivity contribution in [3.8, 4) is 17.2 Å². The molecule has 0 unspecified atom stereocenters. The molecule has 5 heteroatoms. The lowest BCUT2D eigenvalue weighted by atomic mass is 10.1. The summed E-state index contributed by atoms with van der Waals surface area (Å²) in [6.45, 7) is 0.370. The summed E-state index contributed by atoms with van der Waals surface area (Å²) in [4.78, 5) is 13.4. The van der Waals surface area contributed by atoms with E-state index in [1.807, 2.05) is 41.8 Å². The molecule has 1 aliphatic rings. The first kappa shape index (κ1) is 16.4. The molecular formula is C21H16O4S. The van der Waals surface area contributed by atoms with Gasteiger partial charge >= 0.3 is 0 Å². The lowest BCUT2D eigenvalue weighted by Gasteiger charge is -2.10. The molecule has 0 atom stereocenters. The molecule has 0 spiro atoms. The van der Waals surface area contributed by atoms with Crippen LogP contribution in [0, 0.1) is 0 Å². The molecule has 0 saturated heterocycles. The van der Waals surface area contributed by atoms with Crippen LogP contribution in [-0.4, -0.2) is 12.9 Å². The minimum absolute atomic E-state index is 0.107. The molecule has 0 N–H and O–H groups in total. The Kier molecular flexibility index (Phi) is 4.46. The summed E-state index contributed by atoms with van der Waals surface area (Å²) >= 11 is 1.56. The van der Waals surface area contributed by atoms with Crippen molar-refractivity contribution in [1.82, 2.24) is 0 Å². The van der Waals surface area contributed by atoms with Gasteiger partial charge in [0.25, 0.3) is 0 Å². The van der Waals surface area contributed by atoms with Crippen molar-refractivity contribution in [2.24, 2.45) is 0 Å². The summed E-state index contributed by atoms with van der Waals surface area (Å²) < 4.78 is 16.9. The molecule has 0 radical (unpaired) electrons. The van der Waals surface area contributed by atoms with E-state index in [9.17, 15) is 4.79 Å². The zero-order valence-corrected chi connectivity index (χ0v) is 14.9. The number of ketones is 1. The number of ether oxygens (including phenoxy) is 3. The average molecular weight is 364 g/mol. The number of carbonyl (C=O) groups is 1. The average Bonchev–Trinajstić information content (AvgIpc) is 3.29. The lowest BCUT2D eigenvalue weighted by Crippen LogP contribution is -1.98. The zero-order chi connectivity index (χ0) is 17.9. The third-order valence-electron chi connectivity index (χ3n) is 4.04. The van der Waals surface area contributed by atoms with Crippen molar-refractivity contribution < 1.29 is 19.0 Å². The number of rotatable bonds is 5. The van der Waals surface area contributed by atoms with Gasteiger partial charge in [0.1, 0.15) is 23.9 Å². The molecule has 0 aliphatic carbocycles. The monoisotopic (exact) mass is 364 g/mol. The van der Waals surface area contributed by atoms with E-state index in [0.29, 0.717) is 29.4 Å². The van der Waals surface area contributed by atoms with Gasteiger partial charge in [0, 0.05) is 22.6 Å². The van der Waals surface area contributed by atoms with Gasteiger partial charge in [-0.1, -0.05) is 24.3 Å². The van der Waals surface area contributed by atoms with E-state index in [1.165, 1.54) is 0 Å². The van der Waals surface area contributed by atoms with Crippen molar-refractivity contribution in [3.05, 3.63) is 81.7 Å². The summed E-state index contributed by atoms with van der Waals surface area (Å²) in [6, 6.07) is 16.9. The molecule has 4 rings (SSSR count). The Bertz CT molecular complexity index is 973. The summed E-state index contributed by atoms with van der Waals surface area (Å²) in [6.07, 6.45) is 1.77. The zero-order valence-electron chi connectivity index (χ0n) is 14.1. The van der Waals surface area contributed by atoms with Gasteiger partial charge in [0.15, 0.2) is 5.76 Å². The Morgan fingerprint density at radius 3 is 2.81 bits per heavy atom. The van der Waals surface area contributed by atoms with Gasteiger partial charge < -0.3 is 14.2 Å². The molecule has 2 aromatic carbocycles. The van der Waals surface area contributed by atoms with Crippen LogP contribution in [0.4, 0.5) is 0 Å². The van der Waals surface area contributed by atoms with Crippen LogP contribution in [0.25, 0.3) is 6.08 Å². The number of allylic oxidation sites excluding steroid dienone is 1. The number of Topliss-reactive ketones (excluding diaryl/α,β-unsaturated/α-hetero) is 1. The Labute approximate surface area is 155 Å². The molecule has 1 aromatic heterocycles. The first-order chi connectivity index (χ1) is 12.7. The number of hydrogen-bond donors (Lipinski definition) is 0. The minimum atomic E-state index is -0.107. The number of benzene rings is 2. The van der Waals surface area contributed by atoms with Gasteiger partial charge in [-0.15, -0.1) is 11.3 Å². The molecule has 4 nitrogen and oxygen atoms in total. The van der Waals surface area contributed by atoms with Crippen LogP contribution in [0.3, 0.4) is 0 Å². The van der Waals surface area contributed by atoms with Crippen molar-refractivity contribution >= 4 is 23.2 Å². The van der Waals surface area contributed by atoms with Crippen LogP contribution in [0.15, 0.2) is 65.7 Å². The van der Waals surface area contributed by atoms with Gasteiger partial charge in [-0.3, -0.25) is 4.79 Å². The van der Waals surface area contributed by atoms with E-state index >= 15 is 0 Å². The van der Waals surface area contributed by atoms with Gasteiger partial charge in [-0.25, -0.2) is 0 Å². The fourth-order valence-corrected chi connectivity index (χ4v) is 3.39. The molecular weight excluding hydrogens is 348 g/mol. The predicted octanol–water partition coefficient (Wildman–Crippen LogP) is 4.95. The van der Waals surface area contributed by atoms with E-state index in [2.05, 4.69) is 0 Å². The highest BCUT2D eigenvalue weighted by atomic mass is 32.1. The summed E-state index contributed by atoms with van der Waals surface area (Å²) in [7, 11) is 1.63. The smallest absolute Gasteiger partial charge is 0.232 e. The molecule has 130 valence electrons. The van der Waals surface area contributed by atoms with Crippen molar-refractivity contribution in [1.29, 1.82) is 0 Å². The Morgan fingerprint density at radius 1 is 1.12 bits per heavy atom. The second kappa shape index (κ2) is 7.06. The molecule has 26 heavy (non-hydrogen) atoms. The molecule has 3 aromatic rings. The van der Waals surface area contributed by atoms with Gasteiger partial charge in [-0.05, 0) is 29.6 Å². The highest BCUT2D eigenvalue weighted by Crippen LogP contribution is 2.35. The van der Waals surface area contributed by atoms with Crippen LogP contribution in [0.5, 0.6) is 17.2 Å². The van der Waals surface area contributed by atoms with E-state index in [1.54, 1.807) is 42.7 Å². The fourth-order valence-electron chi connectivity index (χ4n) is 2.74. The van der Waals surface area contributed by atoms with Crippen LogP contribution in [0.1, 0.15) is 20.8 Å². The van der Waals surface area contributed by atoms with Crippen LogP contribution >= 0.6 is 11.3 Å². The second-order valence-electron chi connectivity index (χ2n) is 5.71. The summed E-state index contributed by atoms with van der Waals surface area (Å²) in [5.74, 6) is 2.17. The molecule has 0 saturated carbocycles. The first-order valence-corrected chi connectivity index (χ1v) is 8.99. The number of methoxy groups -OCH3 is 1. The van der Waals surface area contributed by atoms with E-state index in [0.717, 1.165) is 16.2 Å². The van der Waals surface area contributed by atoms with Crippen LogP contribution in [-0.2, 0) is 6.61 Å². The van der Waals surface area contributed by atoms with Crippen molar-refractivity contribution in [3.63, 3.8) is 0 Å². The maximum Gasteiger partial charge on any atom is 0.232 e. The second-order valence-corrected chi connectivity index (χ2v) is 6.69. The van der Waals surface area contributed by atoms with Gasteiger partial charge in [-0.2, -0.15) is 0 Å². The summed E-state index contributed by atoms with van der Waals surface area (Å²) in [5, 5.41) is 1.96. The SMILES string of the molecule is COc1ccccc1COc1ccc2c(c1)O/C(=C\c1cccs1)C2=O. The molecule has 1 aliphatic heterocycles. The molecule has 2 heterocycles. The Hall–Kier alpha value is -3.05. The third kappa shape index (κ3) is 3.21. The van der Waals surface area contributed by atoms with Crippen LogP contribution < -0.4 is 14.2 Å². The summed E-state index contributed by atoms with van der Waals surface area (Å²) in [5.41, 5.74) is 1.50. The number of fused-ring (bicyclic) bond motifs is 1. The molecule has 0 fully saturated rings. The van der Waals surface area contributed by atoms with Crippen molar-refractivity contribution in [2.75, 3.05) is 7.11 Å². The highest BCUT2D eigenvalue weighted by Gasteiger charge is 2.27. The Morgan fingerprint density at radius 2 is 2.00 bits per heavy atom. The van der Waals surface area contributed by atoms with E-state index in [-0.39, 0.29) is 5.78 Å². The third-order valence-corrected chi connectivity index (χ3v) is 4.86. The largest absolute Gasteiger partial charge is 0.496 e. The number of thiophene rings is 1. The quantitative estimate of drug-likeness (QED) is 0.601. The standard InChI is InChI=1S/C21H16O4S/c1-23-18-7-3-2-5-14(18)13-24-15-8-9-17-19(11-15)25-20(21(17)22)12-16-6-4-10-26-16/h2-12H,13H2,1H3/b20-12-. The topological polar surface area (TPSA) is 44.8 Å². The van der Waals surface area contributed by atoms with E-state index in [4.69, 9.17) is 14.2 Å². The minimum Gasteiger partial charge on any atom is -0.496 e. The van der Waals surface area contributed by atoms with Crippen molar-refractivity contribution in [2.45, 2.75) is 6.61 Å². The predicted molar refractivity (Wildman–Crippen MR) is 101 cm³/mol. The highest BCUT2D eigenvalue weighted by molar-refractivity contribution is 7.10. The maximum atomic E-state index is 12.5. The normalized spacial score (nSPS) is 14.2. The molecule has 0 bridgehead atoms.